The van der Waals surface area contributed by atoms with Crippen molar-refractivity contribution in [1.29, 1.82) is 0 Å². The van der Waals surface area contributed by atoms with Crippen molar-refractivity contribution in [2.75, 3.05) is 18.0 Å². The molecule has 0 atom stereocenters. The lowest BCUT2D eigenvalue weighted by Crippen LogP contribution is -2.50. The Balaban J connectivity index is 1.45. The van der Waals surface area contributed by atoms with Gasteiger partial charge in [0.2, 0.25) is 10.0 Å². The number of carbonyl (C=O) groups excluding carboxylic acids is 1. The van der Waals surface area contributed by atoms with Crippen molar-refractivity contribution < 1.29 is 22.3 Å². The maximum Gasteiger partial charge on any atom is 0.414 e. The number of hydrogen-bond acceptors (Lipinski definition) is 4. The van der Waals surface area contributed by atoms with Gasteiger partial charge in [-0.25, -0.2) is 17.6 Å². The quantitative estimate of drug-likeness (QED) is 0.656. The van der Waals surface area contributed by atoms with E-state index in [2.05, 4.69) is 6.92 Å². The molecule has 0 spiro atoms. The highest BCUT2D eigenvalue weighted by atomic mass is 32.2. The van der Waals surface area contributed by atoms with Crippen LogP contribution in [0.4, 0.5) is 14.9 Å². The zero-order valence-corrected chi connectivity index (χ0v) is 18.4. The molecule has 31 heavy (non-hydrogen) atoms. The molecule has 0 radical (unpaired) electrons. The Morgan fingerprint density at radius 3 is 2.48 bits per heavy atom. The molecular weight excluding hydrogens is 419 g/mol. The van der Waals surface area contributed by atoms with Crippen LogP contribution in [0, 0.1) is 5.82 Å². The van der Waals surface area contributed by atoms with E-state index in [-0.39, 0.29) is 18.5 Å². The zero-order chi connectivity index (χ0) is 22.0. The van der Waals surface area contributed by atoms with E-state index in [0.29, 0.717) is 42.1 Å². The van der Waals surface area contributed by atoms with Crippen molar-refractivity contribution in [3.63, 3.8) is 0 Å². The van der Waals surface area contributed by atoms with E-state index in [1.165, 1.54) is 16.4 Å². The molecule has 0 bridgehead atoms. The van der Waals surface area contributed by atoms with Crippen LogP contribution in [0.1, 0.15) is 43.7 Å². The Bertz CT molecular complexity index is 1050. The smallest absolute Gasteiger partial charge is 0.414 e. The summed E-state index contributed by atoms with van der Waals surface area (Å²) in [6.07, 6.45) is 3.62. The summed E-state index contributed by atoms with van der Waals surface area (Å²) in [5.41, 5.74) is 2.40. The largest absolute Gasteiger partial charge is 0.444 e. The van der Waals surface area contributed by atoms with Crippen LogP contribution >= 0.6 is 0 Å². The van der Waals surface area contributed by atoms with E-state index in [1.807, 2.05) is 12.1 Å². The lowest BCUT2D eigenvalue weighted by Gasteiger charge is -2.39. The molecule has 2 aliphatic heterocycles. The molecule has 0 unspecified atom stereocenters. The minimum Gasteiger partial charge on any atom is -0.444 e. The van der Waals surface area contributed by atoms with Gasteiger partial charge in [0.25, 0.3) is 0 Å². The molecule has 0 saturated carbocycles. The Labute approximate surface area is 182 Å². The Morgan fingerprint density at radius 1 is 1.10 bits per heavy atom. The minimum absolute atomic E-state index is 0.0455. The number of halogens is 1. The van der Waals surface area contributed by atoms with Crippen molar-refractivity contribution in [2.24, 2.45) is 0 Å². The van der Waals surface area contributed by atoms with E-state index in [1.54, 1.807) is 23.1 Å². The molecule has 166 valence electrons. The van der Waals surface area contributed by atoms with Gasteiger partial charge in [0.15, 0.2) is 0 Å². The van der Waals surface area contributed by atoms with Crippen molar-refractivity contribution >= 4 is 21.8 Å². The van der Waals surface area contributed by atoms with Crippen molar-refractivity contribution in [2.45, 2.75) is 56.6 Å². The second-order valence-corrected chi connectivity index (χ2v) is 10.0. The number of rotatable bonds is 6. The summed E-state index contributed by atoms with van der Waals surface area (Å²) in [4.78, 5) is 14.3. The summed E-state index contributed by atoms with van der Waals surface area (Å²) in [6, 6.07) is 11.2. The monoisotopic (exact) mass is 446 g/mol. The van der Waals surface area contributed by atoms with Gasteiger partial charge < -0.3 is 4.74 Å². The predicted molar refractivity (Wildman–Crippen MR) is 116 cm³/mol. The van der Waals surface area contributed by atoms with Gasteiger partial charge in [0.1, 0.15) is 12.4 Å². The van der Waals surface area contributed by atoms with Crippen LogP contribution in [0.5, 0.6) is 0 Å². The zero-order valence-electron chi connectivity index (χ0n) is 17.6. The number of sulfonamides is 1. The molecule has 2 aromatic rings. The van der Waals surface area contributed by atoms with Gasteiger partial charge in [-0.2, -0.15) is 4.31 Å². The SMILES string of the molecule is CCCCc1ccc(S(=O)(=O)N2CCC(N3C(=O)OCc4cc(F)ccc43)CC2)cc1. The maximum atomic E-state index is 13.6. The summed E-state index contributed by atoms with van der Waals surface area (Å²) in [7, 11) is -3.58. The summed E-state index contributed by atoms with van der Waals surface area (Å²) in [5, 5.41) is 0. The number of benzene rings is 2. The second kappa shape index (κ2) is 8.96. The number of cyclic esters (lactones) is 1. The highest BCUT2D eigenvalue weighted by molar-refractivity contribution is 7.89. The van der Waals surface area contributed by atoms with E-state index >= 15 is 0 Å². The van der Waals surface area contributed by atoms with E-state index in [9.17, 15) is 17.6 Å². The van der Waals surface area contributed by atoms with Crippen LogP contribution in [0.2, 0.25) is 0 Å². The van der Waals surface area contributed by atoms with Crippen molar-refractivity contribution in [1.82, 2.24) is 4.31 Å². The first-order valence-electron chi connectivity index (χ1n) is 10.7. The predicted octanol–water partition coefficient (Wildman–Crippen LogP) is 4.48. The molecule has 6 nitrogen and oxygen atoms in total. The number of piperidine rings is 1. The Kier molecular flexibility index (Phi) is 6.29. The lowest BCUT2D eigenvalue weighted by molar-refractivity contribution is 0.135. The molecular formula is C23H27FN2O4S. The summed E-state index contributed by atoms with van der Waals surface area (Å²) < 4.78 is 46.4. The first-order valence-corrected chi connectivity index (χ1v) is 12.2. The fourth-order valence-corrected chi connectivity index (χ4v) is 5.73. The van der Waals surface area contributed by atoms with Gasteiger partial charge in [-0.3, -0.25) is 4.90 Å². The van der Waals surface area contributed by atoms with Gasteiger partial charge in [-0.05, 0) is 61.6 Å². The molecule has 0 aliphatic carbocycles. The molecule has 0 aromatic heterocycles. The molecule has 4 rings (SSSR count). The fraction of sp³-hybridized carbons (Fsp3) is 0.435. The number of ether oxygens (including phenoxy) is 1. The number of hydrogen-bond donors (Lipinski definition) is 0. The van der Waals surface area contributed by atoms with Gasteiger partial charge >= 0.3 is 6.09 Å². The average Bonchev–Trinajstić information content (AvgIpc) is 2.78. The number of carbonyl (C=O) groups is 1. The van der Waals surface area contributed by atoms with E-state index < -0.39 is 16.1 Å². The van der Waals surface area contributed by atoms with Gasteiger partial charge in [0, 0.05) is 24.7 Å². The normalized spacial score (nSPS) is 18.0. The number of unbranched alkanes of at least 4 members (excludes halogenated alkanes) is 1. The van der Waals surface area contributed by atoms with E-state index in [0.717, 1.165) is 24.8 Å². The first kappa shape index (κ1) is 21.8. The second-order valence-electron chi connectivity index (χ2n) is 8.08. The van der Waals surface area contributed by atoms with Crippen LogP contribution in [0.15, 0.2) is 47.4 Å². The van der Waals surface area contributed by atoms with Gasteiger partial charge in [-0.1, -0.05) is 25.5 Å². The molecule has 8 heteroatoms. The minimum atomic E-state index is -3.58. The standard InChI is InChI=1S/C23H27FN2O4S/c1-2-3-4-17-5-8-21(9-6-17)31(28,29)25-13-11-20(12-14-25)26-22-10-7-19(24)15-18(22)16-30-23(26)27/h5-10,15,20H,2-4,11-14,16H2,1H3. The Hall–Kier alpha value is -2.45. The topological polar surface area (TPSA) is 66.9 Å². The summed E-state index contributed by atoms with van der Waals surface area (Å²) in [6.45, 7) is 2.79. The first-order chi connectivity index (χ1) is 14.9. The van der Waals surface area contributed by atoms with Crippen LogP contribution in [0.25, 0.3) is 0 Å². The summed E-state index contributed by atoms with van der Waals surface area (Å²) in [5.74, 6) is -0.377. The molecule has 2 aromatic carbocycles. The maximum absolute atomic E-state index is 13.6. The third-order valence-corrected chi connectivity index (χ3v) is 7.93. The van der Waals surface area contributed by atoms with Crippen molar-refractivity contribution in [3.8, 4) is 0 Å². The highest BCUT2D eigenvalue weighted by Gasteiger charge is 2.37. The molecule has 2 heterocycles. The third kappa shape index (κ3) is 4.45. The van der Waals surface area contributed by atoms with Gasteiger partial charge in [-0.15, -0.1) is 0 Å². The molecule has 2 aliphatic rings. The van der Waals surface area contributed by atoms with Crippen LogP contribution < -0.4 is 4.90 Å². The summed E-state index contributed by atoms with van der Waals surface area (Å²) >= 11 is 0. The number of fused-ring (bicyclic) bond motifs is 1. The third-order valence-electron chi connectivity index (χ3n) is 6.02. The number of nitrogens with zero attached hydrogens (tertiary/aromatic N) is 2. The van der Waals surface area contributed by atoms with Gasteiger partial charge in [0.05, 0.1) is 10.6 Å². The van der Waals surface area contributed by atoms with Crippen LogP contribution in [0.3, 0.4) is 0 Å². The molecule has 1 saturated heterocycles. The average molecular weight is 447 g/mol. The van der Waals surface area contributed by atoms with E-state index in [4.69, 9.17) is 4.74 Å². The molecule has 1 fully saturated rings. The van der Waals surface area contributed by atoms with Crippen molar-refractivity contribution in [3.05, 3.63) is 59.4 Å². The number of amides is 1. The number of aryl methyl sites for hydroxylation is 1. The fourth-order valence-electron chi connectivity index (χ4n) is 4.26. The lowest BCUT2D eigenvalue weighted by atomic mass is 10.0. The Morgan fingerprint density at radius 2 is 1.81 bits per heavy atom. The van der Waals surface area contributed by atoms with Crippen LogP contribution in [-0.2, 0) is 27.8 Å². The number of anilines is 1. The highest BCUT2D eigenvalue weighted by Crippen LogP contribution is 2.33. The van der Waals surface area contributed by atoms with Crippen LogP contribution in [-0.4, -0.2) is 37.9 Å². The molecule has 0 N–H and O–H groups in total. The molecule has 1 amide bonds.